The second-order valence-electron chi connectivity index (χ2n) is 4.73. The molecule has 0 radical (unpaired) electrons. The number of halogens is 2. The van der Waals surface area contributed by atoms with Crippen LogP contribution in [0.3, 0.4) is 0 Å². The molecule has 1 aromatic heterocycles. The van der Waals surface area contributed by atoms with E-state index in [2.05, 4.69) is 20.9 Å². The molecular formula is C15H13BrFNO. The molecule has 4 heteroatoms. The molecule has 98 valence electrons. The molecular weight excluding hydrogens is 309 g/mol. The fraction of sp³-hybridized carbons (Fsp3) is 0.267. The number of hydrogen-bond donors (Lipinski definition) is 0. The average molecular weight is 322 g/mol. The van der Waals surface area contributed by atoms with Crippen molar-refractivity contribution in [3.05, 3.63) is 46.2 Å². The summed E-state index contributed by atoms with van der Waals surface area (Å²) in [4.78, 5) is 4.49. The lowest BCUT2D eigenvalue weighted by atomic mass is 10.0. The Morgan fingerprint density at radius 1 is 1.37 bits per heavy atom. The SMILES string of the molecule is CC1CCc2cc(Br)c(-c3ccccc3F)nc2O1. The Hall–Kier alpha value is -1.42. The summed E-state index contributed by atoms with van der Waals surface area (Å²) in [6.07, 6.45) is 2.09. The van der Waals surface area contributed by atoms with Crippen LogP contribution in [-0.4, -0.2) is 11.1 Å². The number of hydrogen-bond acceptors (Lipinski definition) is 2. The smallest absolute Gasteiger partial charge is 0.217 e. The second-order valence-corrected chi connectivity index (χ2v) is 5.58. The first-order chi connectivity index (χ1) is 9.15. The minimum atomic E-state index is -0.278. The predicted molar refractivity (Wildman–Crippen MR) is 75.7 cm³/mol. The van der Waals surface area contributed by atoms with Gasteiger partial charge in [0.05, 0.1) is 11.8 Å². The third kappa shape index (κ3) is 2.37. The number of fused-ring (bicyclic) bond motifs is 1. The van der Waals surface area contributed by atoms with Gasteiger partial charge in [0.15, 0.2) is 0 Å². The first kappa shape index (κ1) is 12.6. The van der Waals surface area contributed by atoms with Crippen LogP contribution in [0, 0.1) is 5.82 Å². The van der Waals surface area contributed by atoms with Crippen molar-refractivity contribution >= 4 is 15.9 Å². The van der Waals surface area contributed by atoms with Crippen LogP contribution in [0.25, 0.3) is 11.3 Å². The van der Waals surface area contributed by atoms with Crippen molar-refractivity contribution in [3.8, 4) is 17.1 Å². The molecule has 0 aliphatic carbocycles. The average Bonchev–Trinajstić information content (AvgIpc) is 2.39. The molecule has 1 unspecified atom stereocenters. The van der Waals surface area contributed by atoms with Crippen LogP contribution in [0.4, 0.5) is 4.39 Å². The molecule has 2 aromatic rings. The van der Waals surface area contributed by atoms with Gasteiger partial charge in [-0.2, -0.15) is 0 Å². The summed E-state index contributed by atoms with van der Waals surface area (Å²) in [6.45, 7) is 2.02. The maximum Gasteiger partial charge on any atom is 0.217 e. The van der Waals surface area contributed by atoms with Gasteiger partial charge in [-0.15, -0.1) is 0 Å². The molecule has 1 aliphatic rings. The predicted octanol–water partition coefficient (Wildman–Crippen LogP) is 4.36. The van der Waals surface area contributed by atoms with Gasteiger partial charge < -0.3 is 4.74 Å². The highest BCUT2D eigenvalue weighted by Gasteiger charge is 2.21. The van der Waals surface area contributed by atoms with Crippen LogP contribution < -0.4 is 4.74 Å². The van der Waals surface area contributed by atoms with Gasteiger partial charge in [0, 0.05) is 15.6 Å². The number of rotatable bonds is 1. The van der Waals surface area contributed by atoms with Gasteiger partial charge in [-0.1, -0.05) is 12.1 Å². The zero-order chi connectivity index (χ0) is 13.4. The quantitative estimate of drug-likeness (QED) is 0.778. The van der Waals surface area contributed by atoms with Crippen molar-refractivity contribution < 1.29 is 9.13 Å². The Labute approximate surface area is 119 Å². The van der Waals surface area contributed by atoms with E-state index in [9.17, 15) is 4.39 Å². The van der Waals surface area contributed by atoms with Gasteiger partial charge in [-0.05, 0) is 53.9 Å². The Morgan fingerprint density at radius 3 is 2.95 bits per heavy atom. The summed E-state index contributed by atoms with van der Waals surface area (Å²) < 4.78 is 20.4. The van der Waals surface area contributed by atoms with E-state index in [1.165, 1.54) is 6.07 Å². The molecule has 0 saturated carbocycles. The van der Waals surface area contributed by atoms with E-state index in [0.717, 1.165) is 22.9 Å². The topological polar surface area (TPSA) is 22.1 Å². The largest absolute Gasteiger partial charge is 0.474 e. The molecule has 3 rings (SSSR count). The van der Waals surface area contributed by atoms with Gasteiger partial charge in [0.2, 0.25) is 5.88 Å². The molecule has 0 N–H and O–H groups in total. The van der Waals surface area contributed by atoms with Crippen LogP contribution in [0.15, 0.2) is 34.8 Å². The molecule has 19 heavy (non-hydrogen) atoms. The van der Waals surface area contributed by atoms with Crippen molar-refractivity contribution in [3.63, 3.8) is 0 Å². The van der Waals surface area contributed by atoms with Crippen LogP contribution >= 0.6 is 15.9 Å². The molecule has 1 aromatic carbocycles. The standard InChI is InChI=1S/C15H13BrFNO/c1-9-6-7-10-8-12(16)14(18-15(10)19-9)11-4-2-3-5-13(11)17/h2-5,8-9H,6-7H2,1H3. The van der Waals surface area contributed by atoms with Gasteiger partial charge in [-0.3, -0.25) is 0 Å². The van der Waals surface area contributed by atoms with E-state index < -0.39 is 0 Å². The lowest BCUT2D eigenvalue weighted by molar-refractivity contribution is 0.183. The molecule has 0 fully saturated rings. The summed E-state index contributed by atoms with van der Waals surface area (Å²) in [7, 11) is 0. The number of nitrogens with zero attached hydrogens (tertiary/aromatic N) is 1. The lowest BCUT2D eigenvalue weighted by Gasteiger charge is -2.23. The molecule has 1 atom stereocenters. The summed E-state index contributed by atoms with van der Waals surface area (Å²) in [5.41, 5.74) is 2.15. The molecule has 0 bridgehead atoms. The fourth-order valence-corrected chi connectivity index (χ4v) is 2.82. The maximum atomic E-state index is 13.9. The van der Waals surface area contributed by atoms with E-state index in [1.807, 2.05) is 13.0 Å². The zero-order valence-electron chi connectivity index (χ0n) is 10.5. The third-order valence-corrected chi connectivity index (χ3v) is 3.88. The third-order valence-electron chi connectivity index (χ3n) is 3.28. The van der Waals surface area contributed by atoms with Crippen LogP contribution in [0.2, 0.25) is 0 Å². The molecule has 0 saturated heterocycles. The molecule has 1 aliphatic heterocycles. The Morgan fingerprint density at radius 2 is 2.16 bits per heavy atom. The summed E-state index contributed by atoms with van der Waals surface area (Å²) in [5.74, 6) is 0.347. The van der Waals surface area contributed by atoms with E-state index in [0.29, 0.717) is 17.1 Å². The zero-order valence-corrected chi connectivity index (χ0v) is 12.1. The molecule has 0 spiro atoms. The normalized spacial score (nSPS) is 17.7. The van der Waals surface area contributed by atoms with E-state index >= 15 is 0 Å². The summed E-state index contributed by atoms with van der Waals surface area (Å²) >= 11 is 3.48. The van der Waals surface area contributed by atoms with Crippen molar-refractivity contribution in [2.75, 3.05) is 0 Å². The second kappa shape index (κ2) is 4.93. The number of aromatic nitrogens is 1. The fourth-order valence-electron chi connectivity index (χ4n) is 2.24. The maximum absolute atomic E-state index is 13.9. The number of benzene rings is 1. The van der Waals surface area contributed by atoms with E-state index in [1.54, 1.807) is 18.2 Å². The highest BCUT2D eigenvalue weighted by Crippen LogP contribution is 2.35. The Bertz CT molecular complexity index is 630. The van der Waals surface area contributed by atoms with Crippen LogP contribution in [0.1, 0.15) is 18.9 Å². The molecule has 2 heterocycles. The van der Waals surface area contributed by atoms with Gasteiger partial charge in [0.25, 0.3) is 0 Å². The summed E-state index contributed by atoms with van der Waals surface area (Å²) in [5, 5.41) is 0. The highest BCUT2D eigenvalue weighted by atomic mass is 79.9. The number of pyridine rings is 1. The lowest BCUT2D eigenvalue weighted by Crippen LogP contribution is -2.20. The minimum Gasteiger partial charge on any atom is -0.474 e. The highest BCUT2D eigenvalue weighted by molar-refractivity contribution is 9.10. The van der Waals surface area contributed by atoms with Gasteiger partial charge in [-0.25, -0.2) is 9.37 Å². The van der Waals surface area contributed by atoms with Crippen molar-refractivity contribution in [2.45, 2.75) is 25.9 Å². The molecule has 2 nitrogen and oxygen atoms in total. The first-order valence-corrected chi connectivity index (χ1v) is 7.05. The van der Waals surface area contributed by atoms with Crippen molar-refractivity contribution in [1.82, 2.24) is 4.98 Å². The van der Waals surface area contributed by atoms with Gasteiger partial charge >= 0.3 is 0 Å². The van der Waals surface area contributed by atoms with Crippen LogP contribution in [-0.2, 0) is 6.42 Å². The van der Waals surface area contributed by atoms with Gasteiger partial charge in [0.1, 0.15) is 5.82 Å². The molecule has 0 amide bonds. The van der Waals surface area contributed by atoms with Crippen molar-refractivity contribution in [1.29, 1.82) is 0 Å². The Balaban J connectivity index is 2.13. The first-order valence-electron chi connectivity index (χ1n) is 6.26. The minimum absolute atomic E-state index is 0.162. The van der Waals surface area contributed by atoms with Crippen molar-refractivity contribution in [2.24, 2.45) is 0 Å². The summed E-state index contributed by atoms with van der Waals surface area (Å²) in [6, 6.07) is 8.61. The monoisotopic (exact) mass is 321 g/mol. The van der Waals surface area contributed by atoms with E-state index in [4.69, 9.17) is 4.74 Å². The van der Waals surface area contributed by atoms with E-state index in [-0.39, 0.29) is 11.9 Å². The number of aryl methyl sites for hydroxylation is 1. The Kier molecular flexibility index (Phi) is 3.27. The number of ether oxygens (including phenoxy) is 1. The van der Waals surface area contributed by atoms with Crippen LogP contribution in [0.5, 0.6) is 5.88 Å².